The molecule has 154 valence electrons. The maximum Gasteiger partial charge on any atom is 0.260 e. The first kappa shape index (κ1) is 20.9. The average Bonchev–Trinajstić information content (AvgIpc) is 2.73. The lowest BCUT2D eigenvalue weighted by Crippen LogP contribution is -2.37. The number of hydrogen-bond acceptors (Lipinski definition) is 4. The van der Waals surface area contributed by atoms with Crippen LogP contribution in [0, 0.1) is 5.82 Å². The largest absolute Gasteiger partial charge is 0.484 e. The van der Waals surface area contributed by atoms with Gasteiger partial charge < -0.3 is 20.3 Å². The molecule has 3 rings (SSSR count). The van der Waals surface area contributed by atoms with E-state index in [9.17, 15) is 14.0 Å². The minimum absolute atomic E-state index is 0.168. The second-order valence-corrected chi connectivity index (χ2v) is 6.61. The number of para-hydroxylation sites is 1. The number of carbonyl (C=O) groups is 2. The van der Waals surface area contributed by atoms with Gasteiger partial charge in [-0.1, -0.05) is 24.3 Å². The molecule has 0 saturated carbocycles. The zero-order valence-electron chi connectivity index (χ0n) is 16.5. The molecule has 0 saturated heterocycles. The van der Waals surface area contributed by atoms with Crippen LogP contribution < -0.4 is 15.4 Å². The van der Waals surface area contributed by atoms with Crippen molar-refractivity contribution in [3.05, 3.63) is 84.7 Å². The molecule has 0 aliphatic carbocycles. The summed E-state index contributed by atoms with van der Waals surface area (Å²) in [5.41, 5.74) is 2.20. The van der Waals surface area contributed by atoms with Gasteiger partial charge in [-0.25, -0.2) is 4.39 Å². The zero-order valence-corrected chi connectivity index (χ0v) is 16.5. The second kappa shape index (κ2) is 10.1. The number of hydrogen-bond donors (Lipinski definition) is 2. The predicted molar refractivity (Wildman–Crippen MR) is 114 cm³/mol. The average molecular weight is 407 g/mol. The standard InChI is InChI=1S/C23H22FN3O3/c1-27(15-22(28)26-20-9-5-6-17(24)14-20)23(29)16-30-21-12-10-19(11-13-21)25-18-7-3-2-4-8-18/h2-14,25H,15-16H2,1H3,(H,26,28). The minimum atomic E-state index is -0.449. The number of nitrogens with zero attached hydrogens (tertiary/aromatic N) is 1. The van der Waals surface area contributed by atoms with Crippen molar-refractivity contribution in [1.29, 1.82) is 0 Å². The lowest BCUT2D eigenvalue weighted by molar-refractivity contribution is -0.135. The van der Waals surface area contributed by atoms with Gasteiger partial charge >= 0.3 is 0 Å². The van der Waals surface area contributed by atoms with Crippen LogP contribution in [0.1, 0.15) is 0 Å². The van der Waals surface area contributed by atoms with Crippen molar-refractivity contribution in [3.63, 3.8) is 0 Å². The van der Waals surface area contributed by atoms with Gasteiger partial charge in [-0.05, 0) is 54.6 Å². The Balaban J connectivity index is 1.44. The summed E-state index contributed by atoms with van der Waals surface area (Å²) < 4.78 is 18.7. The first-order chi connectivity index (χ1) is 14.5. The molecule has 2 N–H and O–H groups in total. The first-order valence-corrected chi connectivity index (χ1v) is 9.34. The number of benzene rings is 3. The smallest absolute Gasteiger partial charge is 0.260 e. The predicted octanol–water partition coefficient (Wildman–Crippen LogP) is 4.05. The number of rotatable bonds is 8. The van der Waals surface area contributed by atoms with E-state index in [0.717, 1.165) is 11.4 Å². The molecular formula is C23H22FN3O3. The number of amides is 2. The molecule has 0 aliphatic heterocycles. The van der Waals surface area contributed by atoms with Crippen LogP contribution in [0.3, 0.4) is 0 Å². The van der Waals surface area contributed by atoms with Gasteiger partial charge in [0.05, 0.1) is 6.54 Å². The third-order valence-corrected chi connectivity index (χ3v) is 4.19. The number of likely N-dealkylation sites (N-methyl/N-ethyl adjacent to an activating group) is 1. The van der Waals surface area contributed by atoms with Crippen LogP contribution in [0.25, 0.3) is 0 Å². The Morgan fingerprint density at radius 3 is 2.27 bits per heavy atom. The van der Waals surface area contributed by atoms with Crippen LogP contribution in [0.5, 0.6) is 5.75 Å². The third kappa shape index (κ3) is 6.34. The fourth-order valence-corrected chi connectivity index (χ4v) is 2.65. The molecular weight excluding hydrogens is 385 g/mol. The molecule has 3 aromatic carbocycles. The van der Waals surface area contributed by atoms with Gasteiger partial charge in [0.2, 0.25) is 5.91 Å². The molecule has 0 aliphatic rings. The fourth-order valence-electron chi connectivity index (χ4n) is 2.65. The minimum Gasteiger partial charge on any atom is -0.484 e. The summed E-state index contributed by atoms with van der Waals surface area (Å²) in [6.07, 6.45) is 0. The van der Waals surface area contributed by atoms with Gasteiger partial charge in [-0.2, -0.15) is 0 Å². The van der Waals surface area contributed by atoms with Gasteiger partial charge in [0.1, 0.15) is 11.6 Å². The number of carbonyl (C=O) groups excluding carboxylic acids is 2. The van der Waals surface area contributed by atoms with E-state index in [1.165, 1.54) is 30.1 Å². The highest BCUT2D eigenvalue weighted by atomic mass is 19.1. The Bertz CT molecular complexity index is 994. The van der Waals surface area contributed by atoms with E-state index in [1.54, 1.807) is 18.2 Å². The Morgan fingerprint density at radius 1 is 0.900 bits per heavy atom. The van der Waals surface area contributed by atoms with Crippen molar-refractivity contribution < 1.29 is 18.7 Å². The number of nitrogens with one attached hydrogen (secondary N) is 2. The van der Waals surface area contributed by atoms with Crippen molar-refractivity contribution in [2.75, 3.05) is 30.8 Å². The van der Waals surface area contributed by atoms with Crippen LogP contribution >= 0.6 is 0 Å². The monoisotopic (exact) mass is 407 g/mol. The van der Waals surface area contributed by atoms with E-state index in [1.807, 2.05) is 42.5 Å². The van der Waals surface area contributed by atoms with Crippen molar-refractivity contribution in [1.82, 2.24) is 4.90 Å². The summed E-state index contributed by atoms with van der Waals surface area (Å²) >= 11 is 0. The molecule has 0 radical (unpaired) electrons. The van der Waals surface area contributed by atoms with Crippen LogP contribution in [-0.4, -0.2) is 36.9 Å². The highest BCUT2D eigenvalue weighted by Crippen LogP contribution is 2.19. The molecule has 2 amide bonds. The fraction of sp³-hybridized carbons (Fsp3) is 0.130. The highest BCUT2D eigenvalue weighted by Gasteiger charge is 2.14. The zero-order chi connectivity index (χ0) is 21.3. The van der Waals surface area contributed by atoms with Crippen LogP contribution in [0.2, 0.25) is 0 Å². The maximum atomic E-state index is 13.2. The Kier molecular flexibility index (Phi) is 7.00. The van der Waals surface area contributed by atoms with Crippen LogP contribution in [-0.2, 0) is 9.59 Å². The topological polar surface area (TPSA) is 70.7 Å². The molecule has 7 heteroatoms. The molecule has 0 unspecified atom stereocenters. The lowest BCUT2D eigenvalue weighted by atomic mass is 10.2. The van der Waals surface area contributed by atoms with Gasteiger partial charge in [-0.3, -0.25) is 9.59 Å². The van der Waals surface area contributed by atoms with Crippen molar-refractivity contribution in [2.24, 2.45) is 0 Å². The van der Waals surface area contributed by atoms with E-state index in [2.05, 4.69) is 10.6 Å². The summed E-state index contributed by atoms with van der Waals surface area (Å²) in [4.78, 5) is 25.5. The molecule has 0 aromatic heterocycles. The summed E-state index contributed by atoms with van der Waals surface area (Å²) in [5.74, 6) is -0.682. The molecule has 0 heterocycles. The van der Waals surface area contributed by atoms with E-state index in [4.69, 9.17) is 4.74 Å². The number of anilines is 3. The van der Waals surface area contributed by atoms with Crippen LogP contribution in [0.15, 0.2) is 78.9 Å². The van der Waals surface area contributed by atoms with Gasteiger partial charge in [0, 0.05) is 24.1 Å². The summed E-state index contributed by atoms with van der Waals surface area (Å²) in [7, 11) is 1.50. The third-order valence-electron chi connectivity index (χ3n) is 4.19. The Morgan fingerprint density at radius 2 is 1.57 bits per heavy atom. The van der Waals surface area contributed by atoms with E-state index >= 15 is 0 Å². The maximum absolute atomic E-state index is 13.2. The molecule has 0 atom stereocenters. The van der Waals surface area contributed by atoms with E-state index in [0.29, 0.717) is 11.4 Å². The van der Waals surface area contributed by atoms with Gasteiger partial charge in [0.15, 0.2) is 6.61 Å². The molecule has 0 spiro atoms. The second-order valence-electron chi connectivity index (χ2n) is 6.61. The number of halogens is 1. The van der Waals surface area contributed by atoms with Crippen molar-refractivity contribution >= 4 is 28.9 Å². The molecule has 6 nitrogen and oxygen atoms in total. The first-order valence-electron chi connectivity index (χ1n) is 9.34. The van der Waals surface area contributed by atoms with Gasteiger partial charge in [0.25, 0.3) is 5.91 Å². The van der Waals surface area contributed by atoms with E-state index in [-0.39, 0.29) is 19.1 Å². The van der Waals surface area contributed by atoms with E-state index < -0.39 is 11.7 Å². The Labute approximate surface area is 174 Å². The quantitative estimate of drug-likeness (QED) is 0.591. The van der Waals surface area contributed by atoms with Crippen molar-refractivity contribution in [2.45, 2.75) is 0 Å². The summed E-state index contributed by atoms with van der Waals surface area (Å²) in [6.45, 7) is -0.367. The molecule has 0 bridgehead atoms. The highest BCUT2D eigenvalue weighted by molar-refractivity contribution is 5.94. The molecule has 0 fully saturated rings. The lowest BCUT2D eigenvalue weighted by Gasteiger charge is -2.17. The molecule has 3 aromatic rings. The number of ether oxygens (including phenoxy) is 1. The normalized spacial score (nSPS) is 10.2. The van der Waals surface area contributed by atoms with Crippen LogP contribution in [0.4, 0.5) is 21.5 Å². The Hall–Kier alpha value is -3.87. The summed E-state index contributed by atoms with van der Waals surface area (Å²) in [5, 5.41) is 5.81. The SMILES string of the molecule is CN(CC(=O)Nc1cccc(F)c1)C(=O)COc1ccc(Nc2ccccc2)cc1. The molecule has 30 heavy (non-hydrogen) atoms. The van der Waals surface area contributed by atoms with Crippen molar-refractivity contribution in [3.8, 4) is 5.75 Å². The van der Waals surface area contributed by atoms with Gasteiger partial charge in [-0.15, -0.1) is 0 Å². The summed E-state index contributed by atoms with van der Waals surface area (Å²) in [6, 6.07) is 22.5.